The molecule has 6 nitrogen and oxygen atoms in total. The summed E-state index contributed by atoms with van der Waals surface area (Å²) < 4.78 is 5.62. The Morgan fingerprint density at radius 3 is 2.54 bits per heavy atom. The molecule has 0 spiro atoms. The molecule has 0 atom stereocenters. The van der Waals surface area contributed by atoms with Crippen molar-refractivity contribution < 1.29 is 14.3 Å². The zero-order valence-corrected chi connectivity index (χ0v) is 15.7. The number of aryl methyl sites for hydroxylation is 1. The Hall–Kier alpha value is -2.24. The van der Waals surface area contributed by atoms with Gasteiger partial charge >= 0.3 is 6.09 Å². The lowest BCUT2D eigenvalue weighted by Gasteiger charge is -2.02. The molecule has 0 aliphatic rings. The van der Waals surface area contributed by atoms with Gasteiger partial charge in [-0.25, -0.2) is 4.79 Å². The van der Waals surface area contributed by atoms with Gasteiger partial charge < -0.3 is 20.2 Å². The minimum atomic E-state index is -1.03. The molecule has 0 radical (unpaired) electrons. The summed E-state index contributed by atoms with van der Waals surface area (Å²) in [6.45, 7) is 2.99. The van der Waals surface area contributed by atoms with Crippen molar-refractivity contribution in [3.8, 4) is 0 Å². The number of carbonyl (C=O) groups is 1. The molecule has 0 saturated carbocycles. The fourth-order valence-corrected chi connectivity index (χ4v) is 3.01. The van der Waals surface area contributed by atoms with Crippen LogP contribution in [-0.4, -0.2) is 29.3 Å². The van der Waals surface area contributed by atoms with Crippen molar-refractivity contribution in [1.29, 1.82) is 0 Å². The van der Waals surface area contributed by atoms with Crippen LogP contribution in [0.2, 0.25) is 0 Å². The molecule has 0 aliphatic carbocycles. The van der Waals surface area contributed by atoms with Gasteiger partial charge in [0.15, 0.2) is 5.58 Å². The van der Waals surface area contributed by atoms with Gasteiger partial charge in [0.2, 0.25) is 0 Å². The quantitative estimate of drug-likeness (QED) is 0.427. The molecule has 0 saturated heterocycles. The maximum atomic E-state index is 10.4. The van der Waals surface area contributed by atoms with Crippen LogP contribution in [0.3, 0.4) is 0 Å². The SMILES string of the molecule is CCCCCCCCCCc1ccc2oc(NCCNC(=O)O)nc2c1. The second-order valence-corrected chi connectivity index (χ2v) is 6.70. The van der Waals surface area contributed by atoms with Crippen molar-refractivity contribution >= 4 is 23.2 Å². The minimum Gasteiger partial charge on any atom is -0.465 e. The first kappa shape index (κ1) is 20.1. The van der Waals surface area contributed by atoms with E-state index in [0.29, 0.717) is 19.1 Å². The van der Waals surface area contributed by atoms with Crippen LogP contribution in [0.1, 0.15) is 63.9 Å². The third-order valence-electron chi connectivity index (χ3n) is 4.45. The zero-order chi connectivity index (χ0) is 18.6. The van der Waals surface area contributed by atoms with Crippen molar-refractivity contribution in [1.82, 2.24) is 10.3 Å². The number of nitrogens with zero attached hydrogens (tertiary/aromatic N) is 1. The lowest BCUT2D eigenvalue weighted by Crippen LogP contribution is -2.26. The van der Waals surface area contributed by atoms with Gasteiger partial charge in [-0.1, -0.05) is 57.9 Å². The van der Waals surface area contributed by atoms with E-state index in [1.54, 1.807) is 0 Å². The summed E-state index contributed by atoms with van der Waals surface area (Å²) in [5.41, 5.74) is 2.88. The summed E-state index contributed by atoms with van der Waals surface area (Å²) in [6.07, 6.45) is 10.6. The monoisotopic (exact) mass is 361 g/mol. The van der Waals surface area contributed by atoms with Gasteiger partial charge in [-0.05, 0) is 30.5 Å². The summed E-state index contributed by atoms with van der Waals surface area (Å²) in [5.74, 6) is 0. The molecule has 6 heteroatoms. The Morgan fingerprint density at radius 1 is 1.08 bits per heavy atom. The third-order valence-corrected chi connectivity index (χ3v) is 4.45. The molecule has 0 aliphatic heterocycles. The highest BCUT2D eigenvalue weighted by molar-refractivity contribution is 5.75. The molecule has 0 bridgehead atoms. The molecule has 0 unspecified atom stereocenters. The van der Waals surface area contributed by atoms with E-state index in [0.717, 1.165) is 17.5 Å². The van der Waals surface area contributed by atoms with E-state index in [2.05, 4.69) is 34.7 Å². The first-order valence-corrected chi connectivity index (χ1v) is 9.79. The van der Waals surface area contributed by atoms with Crippen LogP contribution in [-0.2, 0) is 6.42 Å². The van der Waals surface area contributed by atoms with Crippen molar-refractivity contribution in [3.05, 3.63) is 23.8 Å². The molecule has 1 heterocycles. The normalized spacial score (nSPS) is 11.0. The Bertz CT molecular complexity index is 669. The number of oxazole rings is 1. The number of fused-ring (bicyclic) bond motifs is 1. The van der Waals surface area contributed by atoms with Crippen LogP contribution >= 0.6 is 0 Å². The van der Waals surface area contributed by atoms with Crippen LogP contribution in [0.4, 0.5) is 10.8 Å². The summed E-state index contributed by atoms with van der Waals surface area (Å²) >= 11 is 0. The summed E-state index contributed by atoms with van der Waals surface area (Å²) in [4.78, 5) is 14.8. The number of hydrogen-bond acceptors (Lipinski definition) is 4. The smallest absolute Gasteiger partial charge is 0.404 e. The van der Waals surface area contributed by atoms with Gasteiger partial charge in [0, 0.05) is 13.1 Å². The van der Waals surface area contributed by atoms with E-state index < -0.39 is 6.09 Å². The highest BCUT2D eigenvalue weighted by atomic mass is 16.4. The number of aromatic nitrogens is 1. The van der Waals surface area contributed by atoms with Crippen LogP contribution in [0.25, 0.3) is 11.1 Å². The van der Waals surface area contributed by atoms with E-state index in [9.17, 15) is 4.79 Å². The van der Waals surface area contributed by atoms with E-state index in [4.69, 9.17) is 9.52 Å². The van der Waals surface area contributed by atoms with Gasteiger partial charge in [-0.15, -0.1) is 0 Å². The first-order chi connectivity index (χ1) is 12.7. The number of unbranched alkanes of at least 4 members (excludes halogenated alkanes) is 7. The number of amides is 1. The van der Waals surface area contributed by atoms with Gasteiger partial charge in [0.05, 0.1) is 0 Å². The van der Waals surface area contributed by atoms with Crippen LogP contribution in [0.15, 0.2) is 22.6 Å². The van der Waals surface area contributed by atoms with Crippen molar-refractivity contribution in [3.63, 3.8) is 0 Å². The van der Waals surface area contributed by atoms with E-state index in [1.807, 2.05) is 6.07 Å². The molecule has 0 fully saturated rings. The Labute approximate surface area is 155 Å². The molecule has 144 valence electrons. The Balaban J connectivity index is 1.70. The number of carboxylic acid groups (broad SMARTS) is 1. The largest absolute Gasteiger partial charge is 0.465 e. The molecular weight excluding hydrogens is 330 g/mol. The minimum absolute atomic E-state index is 0.303. The second-order valence-electron chi connectivity index (χ2n) is 6.70. The van der Waals surface area contributed by atoms with Crippen molar-refractivity contribution in [2.75, 3.05) is 18.4 Å². The predicted molar refractivity (Wildman–Crippen MR) is 105 cm³/mol. The molecule has 26 heavy (non-hydrogen) atoms. The van der Waals surface area contributed by atoms with Gasteiger partial charge in [0.1, 0.15) is 5.52 Å². The summed E-state index contributed by atoms with van der Waals surface area (Å²) in [6, 6.07) is 6.57. The number of nitrogens with one attached hydrogen (secondary N) is 2. The average Bonchev–Trinajstić information content (AvgIpc) is 3.03. The number of anilines is 1. The third kappa shape index (κ3) is 7.33. The molecule has 2 rings (SSSR count). The zero-order valence-electron chi connectivity index (χ0n) is 15.7. The Kier molecular flexibility index (Phi) is 8.79. The number of benzene rings is 1. The van der Waals surface area contributed by atoms with Gasteiger partial charge in [-0.3, -0.25) is 0 Å². The average molecular weight is 361 g/mol. The van der Waals surface area contributed by atoms with Crippen LogP contribution < -0.4 is 10.6 Å². The lowest BCUT2D eigenvalue weighted by atomic mass is 10.0. The highest BCUT2D eigenvalue weighted by Gasteiger charge is 2.06. The topological polar surface area (TPSA) is 87.4 Å². The van der Waals surface area contributed by atoms with Crippen LogP contribution in [0.5, 0.6) is 0 Å². The standard InChI is InChI=1S/C20H31N3O3/c1-2-3-4-5-6-7-8-9-10-16-11-12-18-17(15-16)23-19(26-18)21-13-14-22-20(24)25/h11-12,15,22H,2-10,13-14H2,1H3,(H,21,23)(H,24,25). The summed E-state index contributed by atoms with van der Waals surface area (Å²) in [7, 11) is 0. The summed E-state index contributed by atoms with van der Waals surface area (Å²) in [5, 5.41) is 13.8. The lowest BCUT2D eigenvalue weighted by molar-refractivity contribution is 0.195. The first-order valence-electron chi connectivity index (χ1n) is 9.79. The van der Waals surface area contributed by atoms with Crippen molar-refractivity contribution in [2.45, 2.75) is 64.7 Å². The van der Waals surface area contributed by atoms with E-state index >= 15 is 0 Å². The fraction of sp³-hybridized carbons (Fsp3) is 0.600. The molecule has 1 aromatic carbocycles. The maximum absolute atomic E-state index is 10.4. The highest BCUT2D eigenvalue weighted by Crippen LogP contribution is 2.21. The predicted octanol–water partition coefficient (Wildman–Crippen LogP) is 5.19. The maximum Gasteiger partial charge on any atom is 0.404 e. The van der Waals surface area contributed by atoms with E-state index in [-0.39, 0.29) is 0 Å². The molecule has 3 N–H and O–H groups in total. The second kappa shape index (κ2) is 11.4. The number of rotatable bonds is 13. The molecular formula is C20H31N3O3. The Morgan fingerprint density at radius 2 is 1.81 bits per heavy atom. The van der Waals surface area contributed by atoms with Gasteiger partial charge in [-0.2, -0.15) is 4.98 Å². The molecule has 2 aromatic rings. The van der Waals surface area contributed by atoms with Crippen molar-refractivity contribution in [2.24, 2.45) is 0 Å². The van der Waals surface area contributed by atoms with Gasteiger partial charge in [0.25, 0.3) is 6.01 Å². The van der Waals surface area contributed by atoms with E-state index in [1.165, 1.54) is 56.9 Å². The molecule has 1 aromatic heterocycles. The van der Waals surface area contributed by atoms with Crippen LogP contribution in [0, 0.1) is 0 Å². The fourth-order valence-electron chi connectivity index (χ4n) is 3.01. The molecule has 1 amide bonds. The number of hydrogen-bond donors (Lipinski definition) is 3.